The third-order valence-electron chi connectivity index (χ3n) is 6.98. The van der Waals surface area contributed by atoms with Crippen LogP contribution in [-0.4, -0.2) is 53.1 Å². The van der Waals surface area contributed by atoms with E-state index in [0.29, 0.717) is 25.6 Å². The van der Waals surface area contributed by atoms with Crippen LogP contribution in [0.5, 0.6) is 0 Å². The summed E-state index contributed by atoms with van der Waals surface area (Å²) in [4.78, 5) is 29.3. The number of anilines is 2. The third-order valence-corrected chi connectivity index (χ3v) is 6.98. The van der Waals surface area contributed by atoms with Crippen LogP contribution in [-0.2, 0) is 4.79 Å². The van der Waals surface area contributed by atoms with E-state index in [0.717, 1.165) is 37.3 Å². The van der Waals surface area contributed by atoms with Crippen LogP contribution in [0.4, 0.5) is 15.9 Å². The molecule has 5 rings (SSSR count). The number of benzene rings is 2. The predicted octanol–water partition coefficient (Wildman–Crippen LogP) is 4.10. The monoisotopic (exact) mass is 473 g/mol. The average molecular weight is 474 g/mol. The zero-order valence-electron chi connectivity index (χ0n) is 19.4. The molecule has 2 aliphatic rings. The van der Waals surface area contributed by atoms with Gasteiger partial charge in [-0.15, -0.1) is 5.10 Å². The minimum absolute atomic E-state index is 0.0177. The molecule has 0 aliphatic carbocycles. The van der Waals surface area contributed by atoms with Crippen molar-refractivity contribution in [3.05, 3.63) is 83.8 Å². The summed E-state index contributed by atoms with van der Waals surface area (Å²) in [5.74, 6) is 0.339. The Balaban J connectivity index is 1.13. The molecule has 0 radical (unpaired) electrons. The van der Waals surface area contributed by atoms with Gasteiger partial charge in [0.15, 0.2) is 5.82 Å². The molecule has 0 bridgehead atoms. The first-order valence-electron chi connectivity index (χ1n) is 12.1. The molecule has 3 heterocycles. The summed E-state index contributed by atoms with van der Waals surface area (Å²) in [7, 11) is 0. The Kier molecular flexibility index (Phi) is 6.70. The van der Waals surface area contributed by atoms with E-state index in [9.17, 15) is 14.0 Å². The molecule has 2 saturated heterocycles. The summed E-state index contributed by atoms with van der Waals surface area (Å²) >= 11 is 0. The lowest BCUT2D eigenvalue weighted by atomic mass is 9.89. The third kappa shape index (κ3) is 5.16. The number of likely N-dealkylation sites (tertiary alicyclic amines) is 1. The summed E-state index contributed by atoms with van der Waals surface area (Å²) in [5, 5.41) is 11.1. The van der Waals surface area contributed by atoms with Gasteiger partial charge in [0.05, 0.1) is 11.5 Å². The van der Waals surface area contributed by atoms with Crippen molar-refractivity contribution >= 4 is 23.3 Å². The smallest absolute Gasteiger partial charge is 0.256 e. The van der Waals surface area contributed by atoms with Gasteiger partial charge in [0, 0.05) is 38.1 Å². The molecule has 1 N–H and O–H groups in total. The van der Waals surface area contributed by atoms with Crippen LogP contribution in [0, 0.1) is 11.7 Å². The van der Waals surface area contributed by atoms with Crippen molar-refractivity contribution in [2.75, 3.05) is 36.4 Å². The molecule has 2 aliphatic heterocycles. The Bertz CT molecular complexity index is 1180. The van der Waals surface area contributed by atoms with Crippen LogP contribution >= 0.6 is 0 Å². The highest BCUT2D eigenvalue weighted by Gasteiger charge is 2.29. The maximum atomic E-state index is 14.0. The van der Waals surface area contributed by atoms with Gasteiger partial charge in [-0.1, -0.05) is 24.3 Å². The highest BCUT2D eigenvalue weighted by Crippen LogP contribution is 2.30. The Hall–Kier alpha value is -3.81. The number of amides is 2. The molecule has 35 heavy (non-hydrogen) atoms. The lowest BCUT2D eigenvalue weighted by Crippen LogP contribution is -2.38. The van der Waals surface area contributed by atoms with E-state index < -0.39 is 5.82 Å². The number of nitrogens with one attached hydrogen (secondary N) is 1. The Labute approximate surface area is 204 Å². The molecule has 2 aromatic carbocycles. The van der Waals surface area contributed by atoms with Crippen molar-refractivity contribution in [2.45, 2.75) is 25.2 Å². The summed E-state index contributed by atoms with van der Waals surface area (Å²) < 4.78 is 14.0. The maximum absolute atomic E-state index is 14.0. The van der Waals surface area contributed by atoms with E-state index in [1.165, 1.54) is 17.7 Å². The minimum Gasteiger partial charge on any atom is -0.354 e. The van der Waals surface area contributed by atoms with E-state index >= 15 is 0 Å². The minimum atomic E-state index is -0.476. The Morgan fingerprint density at radius 3 is 2.40 bits per heavy atom. The van der Waals surface area contributed by atoms with Gasteiger partial charge in [-0.3, -0.25) is 9.59 Å². The number of hydrogen-bond acceptors (Lipinski definition) is 5. The fourth-order valence-electron chi connectivity index (χ4n) is 4.95. The molecule has 3 aromatic rings. The van der Waals surface area contributed by atoms with E-state index in [4.69, 9.17) is 0 Å². The summed E-state index contributed by atoms with van der Waals surface area (Å²) in [5.41, 5.74) is 2.10. The van der Waals surface area contributed by atoms with Gasteiger partial charge in [0.1, 0.15) is 5.82 Å². The lowest BCUT2D eigenvalue weighted by Gasteiger charge is -2.32. The topological polar surface area (TPSA) is 78.4 Å². The molecule has 8 heteroatoms. The molecule has 7 nitrogen and oxygen atoms in total. The number of rotatable bonds is 5. The van der Waals surface area contributed by atoms with Crippen molar-refractivity contribution in [1.29, 1.82) is 0 Å². The highest BCUT2D eigenvalue weighted by atomic mass is 19.1. The fourth-order valence-corrected chi connectivity index (χ4v) is 4.95. The number of carbonyl (C=O) groups excluding carboxylic acids is 2. The zero-order valence-corrected chi connectivity index (χ0v) is 19.4. The quantitative estimate of drug-likeness (QED) is 0.604. The molecule has 1 atom stereocenters. The molecule has 0 spiro atoms. The second-order valence-electron chi connectivity index (χ2n) is 9.17. The number of halogens is 1. The first-order valence-corrected chi connectivity index (χ1v) is 12.1. The summed E-state index contributed by atoms with van der Waals surface area (Å²) in [6.07, 6.45) is 4.07. The summed E-state index contributed by atoms with van der Waals surface area (Å²) in [6, 6.07) is 17.9. The highest BCUT2D eigenvalue weighted by molar-refractivity contribution is 5.94. The zero-order chi connectivity index (χ0) is 24.2. The normalized spacial score (nSPS) is 18.5. The average Bonchev–Trinajstić information content (AvgIpc) is 3.41. The van der Waals surface area contributed by atoms with Gasteiger partial charge < -0.3 is 15.1 Å². The molecular formula is C27H28FN5O2. The number of piperidine rings is 1. The second-order valence-corrected chi connectivity index (χ2v) is 9.17. The van der Waals surface area contributed by atoms with Gasteiger partial charge in [-0.2, -0.15) is 5.10 Å². The molecule has 180 valence electrons. The van der Waals surface area contributed by atoms with E-state index in [-0.39, 0.29) is 23.3 Å². The summed E-state index contributed by atoms with van der Waals surface area (Å²) in [6.45, 7) is 2.61. The number of carbonyl (C=O) groups is 2. The molecule has 0 saturated carbocycles. The van der Waals surface area contributed by atoms with E-state index in [1.807, 2.05) is 24.3 Å². The van der Waals surface area contributed by atoms with Gasteiger partial charge in [0.25, 0.3) is 5.91 Å². The van der Waals surface area contributed by atoms with Crippen LogP contribution in [0.3, 0.4) is 0 Å². The Morgan fingerprint density at radius 1 is 0.914 bits per heavy atom. The van der Waals surface area contributed by atoms with Crippen molar-refractivity contribution < 1.29 is 14.0 Å². The molecular weight excluding hydrogens is 445 g/mol. The standard InChI is InChI=1S/C27H28FN5O2/c28-24-5-2-1-4-23(24)27(35)32-15-11-20(12-16-32)19-7-9-22(10-8-19)30-26(34)21-13-17-33(18-21)25-6-3-14-29-31-25/h1-10,14,20-21H,11-13,15-18H2,(H,30,34)/t21-/m0/s1. The van der Waals surface area contributed by atoms with Gasteiger partial charge >= 0.3 is 0 Å². The van der Waals surface area contributed by atoms with Crippen molar-refractivity contribution in [1.82, 2.24) is 15.1 Å². The lowest BCUT2D eigenvalue weighted by molar-refractivity contribution is -0.119. The van der Waals surface area contributed by atoms with Gasteiger partial charge in [-0.05, 0) is 67.1 Å². The largest absolute Gasteiger partial charge is 0.354 e. The number of hydrogen-bond donors (Lipinski definition) is 1. The van der Waals surface area contributed by atoms with Crippen LogP contribution in [0.15, 0.2) is 66.9 Å². The molecule has 1 aromatic heterocycles. The SMILES string of the molecule is O=C(Nc1ccc(C2CCN(C(=O)c3ccccc3F)CC2)cc1)[C@H]1CCN(c2cccnn2)C1. The van der Waals surface area contributed by atoms with Gasteiger partial charge in [-0.25, -0.2) is 4.39 Å². The van der Waals surface area contributed by atoms with Crippen LogP contribution in [0.25, 0.3) is 0 Å². The molecule has 0 unspecified atom stereocenters. The van der Waals surface area contributed by atoms with Crippen molar-refractivity contribution in [3.8, 4) is 0 Å². The second kappa shape index (κ2) is 10.2. The van der Waals surface area contributed by atoms with Crippen LogP contribution in [0.2, 0.25) is 0 Å². The fraction of sp³-hybridized carbons (Fsp3) is 0.333. The maximum Gasteiger partial charge on any atom is 0.256 e. The van der Waals surface area contributed by atoms with Crippen molar-refractivity contribution in [2.24, 2.45) is 5.92 Å². The van der Waals surface area contributed by atoms with E-state index in [2.05, 4.69) is 32.5 Å². The van der Waals surface area contributed by atoms with Crippen LogP contribution in [0.1, 0.15) is 41.1 Å². The van der Waals surface area contributed by atoms with Crippen molar-refractivity contribution in [3.63, 3.8) is 0 Å². The van der Waals surface area contributed by atoms with Crippen LogP contribution < -0.4 is 10.2 Å². The number of aromatic nitrogens is 2. The first kappa shape index (κ1) is 23.0. The molecule has 2 amide bonds. The first-order chi connectivity index (χ1) is 17.1. The predicted molar refractivity (Wildman–Crippen MR) is 132 cm³/mol. The molecule has 2 fully saturated rings. The number of nitrogens with zero attached hydrogens (tertiary/aromatic N) is 4. The Morgan fingerprint density at radius 2 is 1.69 bits per heavy atom. The van der Waals surface area contributed by atoms with Gasteiger partial charge in [0.2, 0.25) is 5.91 Å². The van der Waals surface area contributed by atoms with E-state index in [1.54, 1.807) is 23.2 Å².